The monoisotopic (exact) mass is 247 g/mol. The second-order valence-corrected chi connectivity index (χ2v) is 5.11. The third-order valence-corrected chi connectivity index (χ3v) is 3.37. The first-order valence-corrected chi connectivity index (χ1v) is 6.17. The Labute approximate surface area is 104 Å². The lowest BCUT2D eigenvalue weighted by Crippen LogP contribution is -2.13. The third-order valence-electron chi connectivity index (χ3n) is 2.39. The molecule has 4 nitrogen and oxygen atoms in total. The molecule has 0 saturated carbocycles. The maximum absolute atomic E-state index is 12.1. The molecule has 2 aromatic rings. The number of nitrogens with one attached hydrogen (secondary N) is 1. The van der Waals surface area contributed by atoms with Crippen LogP contribution in [-0.4, -0.2) is 26.2 Å². The Morgan fingerprint density at radius 1 is 1.35 bits per heavy atom. The van der Waals surface area contributed by atoms with Crippen molar-refractivity contribution in [2.75, 3.05) is 0 Å². The molecule has 0 aliphatic heterocycles. The van der Waals surface area contributed by atoms with Gasteiger partial charge < -0.3 is 0 Å². The molecule has 17 heavy (non-hydrogen) atoms. The van der Waals surface area contributed by atoms with E-state index in [1.54, 1.807) is 0 Å². The molecule has 0 aliphatic rings. The van der Waals surface area contributed by atoms with Gasteiger partial charge in [-0.3, -0.25) is 9.89 Å². The van der Waals surface area contributed by atoms with Gasteiger partial charge in [-0.15, -0.1) is 0 Å². The van der Waals surface area contributed by atoms with Crippen LogP contribution < -0.4 is 0 Å². The molecule has 0 fully saturated rings. The molecule has 5 heteroatoms. The van der Waals surface area contributed by atoms with E-state index < -0.39 is 0 Å². The molecule has 0 bridgehead atoms. The topological polar surface area (TPSA) is 58.6 Å². The molecule has 0 saturated heterocycles. The summed E-state index contributed by atoms with van der Waals surface area (Å²) in [4.78, 5) is 16.1. The van der Waals surface area contributed by atoms with E-state index in [9.17, 15) is 4.79 Å². The smallest absolute Gasteiger partial charge is 0.184 e. The van der Waals surface area contributed by atoms with Crippen molar-refractivity contribution in [3.8, 4) is 0 Å². The first-order chi connectivity index (χ1) is 8.16. The highest BCUT2D eigenvalue weighted by Gasteiger charge is 2.17. The standard InChI is InChI=1S/C12H13N3OS/c1-8-3-5-10(6-4-8)11(16)9(2)17-12-13-7-14-15-12/h3-7,9H,1-2H3,(H,13,14,15)/t9-/m1/s1. The summed E-state index contributed by atoms with van der Waals surface area (Å²) in [7, 11) is 0. The van der Waals surface area contributed by atoms with Gasteiger partial charge in [0, 0.05) is 5.56 Å². The maximum atomic E-state index is 12.1. The van der Waals surface area contributed by atoms with Crippen molar-refractivity contribution in [1.29, 1.82) is 0 Å². The van der Waals surface area contributed by atoms with E-state index in [0.29, 0.717) is 5.16 Å². The Kier molecular flexibility index (Phi) is 3.58. The summed E-state index contributed by atoms with van der Waals surface area (Å²) in [6.45, 7) is 3.87. The Morgan fingerprint density at radius 2 is 2.06 bits per heavy atom. The molecule has 1 atom stereocenters. The number of carbonyl (C=O) groups is 1. The lowest BCUT2D eigenvalue weighted by molar-refractivity contribution is 0.0994. The van der Waals surface area contributed by atoms with Gasteiger partial charge in [-0.05, 0) is 13.8 Å². The summed E-state index contributed by atoms with van der Waals surface area (Å²) in [6.07, 6.45) is 1.44. The second kappa shape index (κ2) is 5.14. The minimum absolute atomic E-state index is 0.103. The van der Waals surface area contributed by atoms with Crippen molar-refractivity contribution in [3.63, 3.8) is 0 Å². The number of H-pyrrole nitrogens is 1. The van der Waals surface area contributed by atoms with Gasteiger partial charge in [-0.25, -0.2) is 4.98 Å². The first kappa shape index (κ1) is 11.9. The molecule has 1 aromatic carbocycles. The van der Waals surface area contributed by atoms with Gasteiger partial charge in [0.1, 0.15) is 6.33 Å². The Morgan fingerprint density at radius 3 is 2.65 bits per heavy atom. The van der Waals surface area contributed by atoms with E-state index in [0.717, 1.165) is 11.1 Å². The largest absolute Gasteiger partial charge is 0.293 e. The van der Waals surface area contributed by atoms with Crippen molar-refractivity contribution in [2.45, 2.75) is 24.3 Å². The van der Waals surface area contributed by atoms with Gasteiger partial charge >= 0.3 is 0 Å². The van der Waals surface area contributed by atoms with Crippen molar-refractivity contribution in [2.24, 2.45) is 0 Å². The van der Waals surface area contributed by atoms with Gasteiger partial charge in [0.05, 0.1) is 5.25 Å². The Bertz CT molecular complexity index is 493. The lowest BCUT2D eigenvalue weighted by Gasteiger charge is -2.08. The number of Topliss-reactive ketones (excluding diaryl/α,β-unsaturated/α-hetero) is 1. The highest BCUT2D eigenvalue weighted by molar-refractivity contribution is 8.00. The molecule has 1 heterocycles. The zero-order valence-electron chi connectivity index (χ0n) is 9.68. The zero-order valence-corrected chi connectivity index (χ0v) is 10.5. The van der Waals surface area contributed by atoms with E-state index in [1.165, 1.54) is 18.1 Å². The summed E-state index contributed by atoms with van der Waals surface area (Å²) < 4.78 is 0. The number of nitrogens with zero attached hydrogens (tertiary/aromatic N) is 2. The van der Waals surface area contributed by atoms with Crippen LogP contribution in [0.1, 0.15) is 22.8 Å². The number of hydrogen-bond donors (Lipinski definition) is 1. The van der Waals surface area contributed by atoms with Crippen molar-refractivity contribution < 1.29 is 4.79 Å². The zero-order chi connectivity index (χ0) is 12.3. The fourth-order valence-corrected chi connectivity index (χ4v) is 2.22. The van der Waals surface area contributed by atoms with Crippen LogP contribution in [0.5, 0.6) is 0 Å². The molecule has 88 valence electrons. The van der Waals surface area contributed by atoms with Gasteiger partial charge in [0.2, 0.25) is 0 Å². The number of aromatic nitrogens is 3. The predicted octanol–water partition coefficient (Wildman–Crippen LogP) is 2.48. The summed E-state index contributed by atoms with van der Waals surface area (Å²) >= 11 is 1.38. The van der Waals surface area contributed by atoms with Crippen LogP contribution in [0.3, 0.4) is 0 Å². The molecule has 0 aliphatic carbocycles. The number of rotatable bonds is 4. The van der Waals surface area contributed by atoms with E-state index in [-0.39, 0.29) is 11.0 Å². The van der Waals surface area contributed by atoms with E-state index in [2.05, 4.69) is 15.2 Å². The molecular weight excluding hydrogens is 234 g/mol. The summed E-state index contributed by atoms with van der Waals surface area (Å²) in [6, 6.07) is 7.60. The summed E-state index contributed by atoms with van der Waals surface area (Å²) in [5.41, 5.74) is 1.88. The minimum Gasteiger partial charge on any atom is -0.293 e. The van der Waals surface area contributed by atoms with E-state index >= 15 is 0 Å². The first-order valence-electron chi connectivity index (χ1n) is 5.29. The molecule has 0 spiro atoms. The number of aryl methyl sites for hydroxylation is 1. The SMILES string of the molecule is Cc1ccc(C(=O)[C@@H](C)Sc2ncn[nH]2)cc1. The average Bonchev–Trinajstić information content (AvgIpc) is 2.82. The number of thioether (sulfide) groups is 1. The van der Waals surface area contributed by atoms with Crippen LogP contribution in [0, 0.1) is 6.92 Å². The predicted molar refractivity (Wildman–Crippen MR) is 67.2 cm³/mol. The van der Waals surface area contributed by atoms with Crippen LogP contribution >= 0.6 is 11.8 Å². The third kappa shape index (κ3) is 2.94. The van der Waals surface area contributed by atoms with Crippen LogP contribution in [-0.2, 0) is 0 Å². The Hall–Kier alpha value is -1.62. The van der Waals surface area contributed by atoms with E-state index in [1.807, 2.05) is 38.1 Å². The van der Waals surface area contributed by atoms with Crippen LogP contribution in [0.2, 0.25) is 0 Å². The fraction of sp³-hybridized carbons (Fsp3) is 0.250. The molecule has 1 aromatic heterocycles. The number of carbonyl (C=O) groups excluding carboxylic acids is 1. The molecule has 0 amide bonds. The summed E-state index contributed by atoms with van der Waals surface area (Å²) in [5.74, 6) is 0.103. The highest BCUT2D eigenvalue weighted by atomic mass is 32.2. The van der Waals surface area contributed by atoms with Gasteiger partial charge in [0.25, 0.3) is 0 Å². The molecule has 2 rings (SSSR count). The highest BCUT2D eigenvalue weighted by Crippen LogP contribution is 2.21. The van der Waals surface area contributed by atoms with Crippen molar-refractivity contribution >= 4 is 17.5 Å². The van der Waals surface area contributed by atoms with Crippen LogP contribution in [0.15, 0.2) is 35.7 Å². The van der Waals surface area contributed by atoms with Crippen molar-refractivity contribution in [3.05, 3.63) is 41.7 Å². The number of aromatic amines is 1. The molecule has 0 radical (unpaired) electrons. The number of ketones is 1. The van der Waals surface area contributed by atoms with Gasteiger partial charge in [-0.1, -0.05) is 41.6 Å². The Balaban J connectivity index is 2.07. The average molecular weight is 247 g/mol. The van der Waals surface area contributed by atoms with E-state index in [4.69, 9.17) is 0 Å². The van der Waals surface area contributed by atoms with Crippen LogP contribution in [0.4, 0.5) is 0 Å². The normalized spacial score (nSPS) is 12.4. The molecule has 0 unspecified atom stereocenters. The number of hydrogen-bond acceptors (Lipinski definition) is 4. The quantitative estimate of drug-likeness (QED) is 0.666. The fourth-order valence-electron chi connectivity index (χ4n) is 1.42. The summed E-state index contributed by atoms with van der Waals surface area (Å²) in [5, 5.41) is 6.97. The minimum atomic E-state index is -0.175. The molecule has 1 N–H and O–H groups in total. The molecular formula is C12H13N3OS. The second-order valence-electron chi connectivity index (χ2n) is 3.78. The van der Waals surface area contributed by atoms with Crippen LogP contribution in [0.25, 0.3) is 0 Å². The van der Waals surface area contributed by atoms with Crippen molar-refractivity contribution in [1.82, 2.24) is 15.2 Å². The lowest BCUT2D eigenvalue weighted by atomic mass is 10.1. The van der Waals surface area contributed by atoms with Gasteiger partial charge in [0.15, 0.2) is 10.9 Å². The van der Waals surface area contributed by atoms with Gasteiger partial charge in [-0.2, -0.15) is 5.10 Å². The number of benzene rings is 1. The maximum Gasteiger partial charge on any atom is 0.184 e.